The van der Waals surface area contributed by atoms with E-state index < -0.39 is 13.8 Å². The van der Waals surface area contributed by atoms with Crippen molar-refractivity contribution in [1.82, 2.24) is 0 Å². The van der Waals surface area contributed by atoms with E-state index in [0.717, 1.165) is 5.56 Å². The van der Waals surface area contributed by atoms with Crippen molar-refractivity contribution < 1.29 is 13.1 Å². The molecule has 4 heteroatoms. The zero-order valence-corrected chi connectivity index (χ0v) is 7.73. The Morgan fingerprint density at radius 2 is 1.64 bits per heavy atom. The zero-order chi connectivity index (χ0) is 7.40. The van der Waals surface area contributed by atoms with Crippen LogP contribution >= 0.6 is 0 Å². The van der Waals surface area contributed by atoms with Crippen LogP contribution in [0, 0.1) is 0 Å². The van der Waals surface area contributed by atoms with E-state index >= 15 is 0 Å². The van der Waals surface area contributed by atoms with Gasteiger partial charge in [-0.25, -0.2) is 0 Å². The van der Waals surface area contributed by atoms with Gasteiger partial charge >= 0.3 is 62.6 Å². The Hall–Kier alpha value is -0.701. The van der Waals surface area contributed by atoms with E-state index in [1.807, 2.05) is 30.3 Å². The molecule has 62 valence electrons. The van der Waals surface area contributed by atoms with Crippen LogP contribution in [0.2, 0.25) is 0 Å². The Labute approximate surface area is 68.6 Å². The monoisotopic (exact) mass is 222 g/mol. The molecule has 0 atom stereocenters. The molecule has 0 aromatic heterocycles. The van der Waals surface area contributed by atoms with Crippen molar-refractivity contribution in [2.45, 2.75) is 5.32 Å². The van der Waals surface area contributed by atoms with Crippen LogP contribution < -0.4 is 0 Å². The summed E-state index contributed by atoms with van der Waals surface area (Å²) in [6.07, 6.45) is 0. The zero-order valence-electron chi connectivity index (χ0n) is 5.86. The van der Waals surface area contributed by atoms with Gasteiger partial charge in [0.05, 0.1) is 0 Å². The van der Waals surface area contributed by atoms with Gasteiger partial charge in [0.25, 0.3) is 0 Å². The molecular formula is C7H10O3Se. The quantitative estimate of drug-likeness (QED) is 0.661. The van der Waals surface area contributed by atoms with Crippen LogP contribution in [0.25, 0.3) is 0 Å². The van der Waals surface area contributed by atoms with E-state index in [0.29, 0.717) is 0 Å². The molecule has 0 unspecified atom stereocenters. The fourth-order valence-electron chi connectivity index (χ4n) is 0.732. The van der Waals surface area contributed by atoms with Gasteiger partial charge < -0.3 is 5.48 Å². The first kappa shape index (κ1) is 10.3. The summed E-state index contributed by atoms with van der Waals surface area (Å²) in [6.45, 7) is 0. The molecule has 0 fully saturated rings. The van der Waals surface area contributed by atoms with Crippen LogP contribution in [-0.4, -0.2) is 19.2 Å². The molecule has 0 heterocycles. The average molecular weight is 221 g/mol. The number of hydrogen-bond acceptors (Lipinski definition) is 2. The molecule has 0 saturated heterocycles. The summed E-state index contributed by atoms with van der Waals surface area (Å²) in [4.78, 5) is 0. The summed E-state index contributed by atoms with van der Waals surface area (Å²) in [5, 5.41) is 0.230. The van der Waals surface area contributed by atoms with Crippen molar-refractivity contribution in [3.05, 3.63) is 35.9 Å². The third-order valence-electron chi connectivity index (χ3n) is 1.15. The normalized spacial score (nSPS) is 9.18. The van der Waals surface area contributed by atoms with E-state index in [-0.39, 0.29) is 10.8 Å². The number of benzene rings is 1. The predicted octanol–water partition coefficient (Wildman–Crippen LogP) is 0.0251. The van der Waals surface area contributed by atoms with Crippen LogP contribution in [0.1, 0.15) is 5.56 Å². The van der Waals surface area contributed by atoms with Gasteiger partial charge in [-0.15, -0.1) is 0 Å². The van der Waals surface area contributed by atoms with Gasteiger partial charge in [-0.1, -0.05) is 0 Å². The predicted molar refractivity (Wildman–Crippen MR) is 42.3 cm³/mol. The molecule has 2 N–H and O–H groups in total. The maximum atomic E-state index is 10.3. The molecule has 3 nitrogen and oxygen atoms in total. The van der Waals surface area contributed by atoms with Gasteiger partial charge in [0.15, 0.2) is 0 Å². The third-order valence-corrected chi connectivity index (χ3v) is 2.46. The maximum absolute atomic E-state index is 10.3. The Kier molecular flexibility index (Phi) is 4.70. The molecule has 0 saturated carbocycles. The molecule has 0 radical (unpaired) electrons. The Morgan fingerprint density at radius 1 is 1.09 bits per heavy atom. The summed E-state index contributed by atoms with van der Waals surface area (Å²) < 4.78 is 20.6. The van der Waals surface area contributed by atoms with E-state index in [4.69, 9.17) is 0 Å². The van der Waals surface area contributed by atoms with Crippen LogP contribution in [0.15, 0.2) is 30.3 Å². The standard InChI is InChI=1S/C7H8O2Se.H2O/c8-10(9)6-7-4-2-1-3-5-7;/h1-5,10H,6H2;1H2. The summed E-state index contributed by atoms with van der Waals surface area (Å²) in [5.41, 5.74) is 0.882. The molecule has 0 spiro atoms. The summed E-state index contributed by atoms with van der Waals surface area (Å²) in [5.74, 6) is 0. The molecule has 1 aromatic rings. The molecule has 0 aliphatic heterocycles. The van der Waals surface area contributed by atoms with E-state index in [2.05, 4.69) is 0 Å². The van der Waals surface area contributed by atoms with Gasteiger partial charge in [0, 0.05) is 0 Å². The first-order chi connectivity index (χ1) is 4.79. The molecule has 1 rings (SSSR count). The van der Waals surface area contributed by atoms with Crippen molar-refractivity contribution in [3.63, 3.8) is 0 Å². The SMILES string of the molecule is O.O=[SeH](=O)Cc1ccccc1. The number of rotatable bonds is 2. The van der Waals surface area contributed by atoms with Crippen LogP contribution in [0.3, 0.4) is 0 Å². The average Bonchev–Trinajstić information content (AvgIpc) is 1.88. The van der Waals surface area contributed by atoms with Crippen molar-refractivity contribution in [2.24, 2.45) is 0 Å². The molecule has 11 heavy (non-hydrogen) atoms. The van der Waals surface area contributed by atoms with Gasteiger partial charge in [0.1, 0.15) is 0 Å². The molecule has 0 aliphatic carbocycles. The van der Waals surface area contributed by atoms with Gasteiger partial charge in [-0.3, -0.25) is 0 Å². The topological polar surface area (TPSA) is 65.6 Å². The molecular weight excluding hydrogens is 211 g/mol. The molecule has 0 amide bonds. The Morgan fingerprint density at radius 3 is 2.09 bits per heavy atom. The van der Waals surface area contributed by atoms with E-state index in [1.54, 1.807) is 0 Å². The fraction of sp³-hybridized carbons (Fsp3) is 0.143. The van der Waals surface area contributed by atoms with Crippen molar-refractivity contribution >= 4 is 13.8 Å². The van der Waals surface area contributed by atoms with Gasteiger partial charge in [-0.05, 0) is 0 Å². The summed E-state index contributed by atoms with van der Waals surface area (Å²) in [7, 11) is 0. The number of hydrogen-bond donors (Lipinski definition) is 0. The van der Waals surface area contributed by atoms with Crippen molar-refractivity contribution in [2.75, 3.05) is 0 Å². The molecule has 0 aliphatic rings. The van der Waals surface area contributed by atoms with Gasteiger partial charge in [0.2, 0.25) is 0 Å². The Bertz CT molecular complexity index is 258. The minimum atomic E-state index is -2.96. The first-order valence-corrected chi connectivity index (χ1v) is 5.80. The van der Waals surface area contributed by atoms with Crippen molar-refractivity contribution in [3.8, 4) is 0 Å². The third kappa shape index (κ3) is 3.88. The summed E-state index contributed by atoms with van der Waals surface area (Å²) >= 11 is -2.96. The van der Waals surface area contributed by atoms with Gasteiger partial charge in [-0.2, -0.15) is 0 Å². The van der Waals surface area contributed by atoms with E-state index in [1.165, 1.54) is 0 Å². The second kappa shape index (κ2) is 5.02. The van der Waals surface area contributed by atoms with E-state index in [9.17, 15) is 7.67 Å². The second-order valence-electron chi connectivity index (χ2n) is 1.98. The first-order valence-electron chi connectivity index (χ1n) is 2.95. The Balaban J connectivity index is 0.000001000. The molecule has 1 aromatic carbocycles. The van der Waals surface area contributed by atoms with Crippen LogP contribution in [-0.2, 0) is 13.0 Å². The minimum absolute atomic E-state index is 0. The van der Waals surface area contributed by atoms with Crippen molar-refractivity contribution in [1.29, 1.82) is 0 Å². The second-order valence-corrected chi connectivity index (χ2v) is 4.04. The fourth-order valence-corrected chi connectivity index (χ4v) is 1.80. The van der Waals surface area contributed by atoms with Crippen LogP contribution in [0.5, 0.6) is 0 Å². The summed E-state index contributed by atoms with van der Waals surface area (Å²) in [6, 6.07) is 9.19. The molecule has 0 bridgehead atoms. The van der Waals surface area contributed by atoms with Crippen LogP contribution in [0.4, 0.5) is 0 Å².